The molecule has 5 aromatic rings. The maximum absolute atomic E-state index is 16.6. The molecule has 2 aromatic carbocycles. The Labute approximate surface area is 282 Å². The topological polar surface area (TPSA) is 122 Å². The standard InChI is InChI=1S/C36H37FN8O4/c1-41-13-9-25(20-33(41)47)42-16-18-43(19-17-42)36(48)30-22-29-28(26-7-3-4-8-31(26)49-2)21-27(34(37)35(29)39-30)24-6-5-12-44(23-24)32(46)10-14-45-15-11-38-40-45/h3-4,6-9,11,13,15,20-22,39H,5,10,12,14,16-19,23H2,1-2H3. The van der Waals surface area contributed by atoms with E-state index in [1.807, 2.05) is 36.4 Å². The molecule has 0 bridgehead atoms. The minimum Gasteiger partial charge on any atom is -0.496 e. The maximum Gasteiger partial charge on any atom is 0.270 e. The van der Waals surface area contributed by atoms with Crippen LogP contribution in [-0.4, -0.2) is 92.5 Å². The van der Waals surface area contributed by atoms with E-state index < -0.39 is 5.82 Å². The number of ether oxygens (including phenoxy) is 1. The minimum atomic E-state index is -0.480. The quantitative estimate of drug-likeness (QED) is 0.267. The molecule has 1 N–H and O–H groups in total. The average Bonchev–Trinajstić information content (AvgIpc) is 3.83. The van der Waals surface area contributed by atoms with Crippen molar-refractivity contribution in [2.24, 2.45) is 7.05 Å². The molecular weight excluding hydrogens is 627 g/mol. The SMILES string of the molecule is COc1ccccc1-c1cc(C2=CCCN(C(=O)CCn3ccnn3)C2)c(F)c2[nH]c(C(=O)N3CCN(c4ccn(C)c(=O)c4)CC3)cc12. The van der Waals surface area contributed by atoms with Gasteiger partial charge in [0.05, 0.1) is 25.4 Å². The van der Waals surface area contributed by atoms with Crippen LogP contribution in [0.5, 0.6) is 5.75 Å². The van der Waals surface area contributed by atoms with Crippen molar-refractivity contribution in [2.75, 3.05) is 51.3 Å². The van der Waals surface area contributed by atoms with E-state index in [9.17, 15) is 14.4 Å². The number of amides is 2. The molecule has 2 aliphatic heterocycles. The van der Waals surface area contributed by atoms with Crippen molar-refractivity contribution in [3.63, 3.8) is 0 Å². The molecule has 0 spiro atoms. The number of rotatable bonds is 8. The van der Waals surface area contributed by atoms with Gasteiger partial charge in [-0.25, -0.2) is 4.39 Å². The molecule has 2 aliphatic rings. The number of anilines is 1. The van der Waals surface area contributed by atoms with Gasteiger partial charge in [0.15, 0.2) is 5.82 Å². The number of para-hydroxylation sites is 1. The number of carbonyl (C=O) groups excluding carboxylic acids is 2. The number of fused-ring (bicyclic) bond motifs is 1. The molecule has 252 valence electrons. The molecule has 3 aromatic heterocycles. The molecule has 5 heterocycles. The van der Waals surface area contributed by atoms with E-state index in [2.05, 4.69) is 20.2 Å². The number of piperazine rings is 1. The summed E-state index contributed by atoms with van der Waals surface area (Å²) in [5, 5.41) is 8.29. The molecule has 1 fully saturated rings. The van der Waals surface area contributed by atoms with Gasteiger partial charge in [-0.15, -0.1) is 5.10 Å². The van der Waals surface area contributed by atoms with Crippen LogP contribution < -0.4 is 15.2 Å². The van der Waals surface area contributed by atoms with Gasteiger partial charge in [0.25, 0.3) is 11.5 Å². The highest BCUT2D eigenvalue weighted by molar-refractivity contribution is 6.05. The van der Waals surface area contributed by atoms with Crippen molar-refractivity contribution in [1.29, 1.82) is 0 Å². The van der Waals surface area contributed by atoms with Crippen LogP contribution in [0.15, 0.2) is 78.0 Å². The van der Waals surface area contributed by atoms with Crippen LogP contribution in [-0.2, 0) is 18.4 Å². The fourth-order valence-electron chi connectivity index (χ4n) is 6.64. The smallest absolute Gasteiger partial charge is 0.270 e. The number of aryl methyl sites for hydroxylation is 2. The molecule has 13 heteroatoms. The van der Waals surface area contributed by atoms with Crippen LogP contribution in [0.25, 0.3) is 27.6 Å². The number of H-pyrrole nitrogens is 1. The first kappa shape index (κ1) is 31.9. The average molecular weight is 665 g/mol. The van der Waals surface area contributed by atoms with E-state index in [1.165, 1.54) is 4.57 Å². The van der Waals surface area contributed by atoms with Gasteiger partial charge in [0.2, 0.25) is 5.91 Å². The summed E-state index contributed by atoms with van der Waals surface area (Å²) in [6.07, 6.45) is 7.84. The molecule has 0 saturated carbocycles. The van der Waals surface area contributed by atoms with Gasteiger partial charge in [0.1, 0.15) is 11.4 Å². The lowest BCUT2D eigenvalue weighted by molar-refractivity contribution is -0.131. The molecule has 1 saturated heterocycles. The number of pyridine rings is 1. The Morgan fingerprint density at radius 1 is 0.959 bits per heavy atom. The van der Waals surface area contributed by atoms with E-state index in [4.69, 9.17) is 4.74 Å². The van der Waals surface area contributed by atoms with Crippen LogP contribution in [0.2, 0.25) is 0 Å². The van der Waals surface area contributed by atoms with Crippen LogP contribution in [0, 0.1) is 5.82 Å². The zero-order valence-electron chi connectivity index (χ0n) is 27.4. The van der Waals surface area contributed by atoms with E-state index in [0.717, 1.165) is 11.3 Å². The number of benzene rings is 2. The first-order valence-corrected chi connectivity index (χ1v) is 16.3. The summed E-state index contributed by atoms with van der Waals surface area (Å²) in [7, 11) is 3.30. The van der Waals surface area contributed by atoms with Crippen LogP contribution >= 0.6 is 0 Å². The van der Waals surface area contributed by atoms with Gasteiger partial charge in [-0.05, 0) is 41.8 Å². The van der Waals surface area contributed by atoms with Crippen molar-refractivity contribution in [3.05, 3.63) is 101 Å². The number of nitrogens with one attached hydrogen (secondary N) is 1. The molecule has 7 rings (SSSR count). The molecule has 2 amide bonds. The van der Waals surface area contributed by atoms with Crippen molar-refractivity contribution in [3.8, 4) is 16.9 Å². The largest absolute Gasteiger partial charge is 0.496 e. The summed E-state index contributed by atoms with van der Waals surface area (Å²) in [5.41, 5.74) is 3.77. The van der Waals surface area contributed by atoms with Gasteiger partial charge in [-0.1, -0.05) is 29.5 Å². The first-order chi connectivity index (χ1) is 23.8. The summed E-state index contributed by atoms with van der Waals surface area (Å²) in [4.78, 5) is 47.9. The highest BCUT2D eigenvalue weighted by Gasteiger charge is 2.28. The third kappa shape index (κ3) is 6.31. The predicted octanol–water partition coefficient (Wildman–Crippen LogP) is 3.94. The van der Waals surface area contributed by atoms with Crippen molar-refractivity contribution in [2.45, 2.75) is 19.4 Å². The zero-order chi connectivity index (χ0) is 34.1. The number of carbonyl (C=O) groups is 2. The van der Waals surface area contributed by atoms with E-state index in [-0.39, 0.29) is 41.5 Å². The van der Waals surface area contributed by atoms with Gasteiger partial charge >= 0.3 is 0 Å². The first-order valence-electron chi connectivity index (χ1n) is 16.3. The Balaban J connectivity index is 1.19. The third-order valence-corrected chi connectivity index (χ3v) is 9.38. The number of aromatic amines is 1. The number of nitrogens with zero attached hydrogens (tertiary/aromatic N) is 7. The summed E-state index contributed by atoms with van der Waals surface area (Å²) >= 11 is 0. The zero-order valence-corrected chi connectivity index (χ0v) is 27.4. The Morgan fingerprint density at radius 3 is 2.53 bits per heavy atom. The summed E-state index contributed by atoms with van der Waals surface area (Å²) < 4.78 is 25.5. The highest BCUT2D eigenvalue weighted by Crippen LogP contribution is 2.40. The number of methoxy groups -OCH3 is 1. The van der Waals surface area contributed by atoms with E-state index >= 15 is 4.39 Å². The lowest BCUT2D eigenvalue weighted by atomic mass is 9.93. The minimum absolute atomic E-state index is 0.0462. The summed E-state index contributed by atoms with van der Waals surface area (Å²) in [5.74, 6) is -0.140. The Morgan fingerprint density at radius 2 is 1.78 bits per heavy atom. The van der Waals surface area contributed by atoms with Crippen LogP contribution in [0.4, 0.5) is 10.1 Å². The lowest BCUT2D eigenvalue weighted by Crippen LogP contribution is -2.49. The lowest BCUT2D eigenvalue weighted by Gasteiger charge is -2.35. The fourth-order valence-corrected chi connectivity index (χ4v) is 6.64. The normalized spacial score (nSPS) is 15.1. The second-order valence-electron chi connectivity index (χ2n) is 12.3. The predicted molar refractivity (Wildman–Crippen MR) is 184 cm³/mol. The van der Waals surface area contributed by atoms with E-state index in [1.54, 1.807) is 65.4 Å². The monoisotopic (exact) mass is 664 g/mol. The number of hydrogen-bond acceptors (Lipinski definition) is 7. The molecule has 12 nitrogen and oxygen atoms in total. The maximum atomic E-state index is 16.6. The molecule has 0 atom stereocenters. The second-order valence-corrected chi connectivity index (χ2v) is 12.3. The number of hydrogen-bond donors (Lipinski definition) is 1. The summed E-state index contributed by atoms with van der Waals surface area (Å²) in [6.45, 7) is 3.23. The van der Waals surface area contributed by atoms with Gasteiger partial charge in [-0.2, -0.15) is 0 Å². The van der Waals surface area contributed by atoms with Gasteiger partial charge in [0, 0.05) is 93.4 Å². The Kier molecular flexibility index (Phi) is 8.72. The molecular formula is C36H37FN8O4. The molecule has 0 unspecified atom stereocenters. The van der Waals surface area contributed by atoms with Gasteiger partial charge in [-0.3, -0.25) is 19.1 Å². The summed E-state index contributed by atoms with van der Waals surface area (Å²) in [6, 6.07) is 14.5. The highest BCUT2D eigenvalue weighted by atomic mass is 19.1. The van der Waals surface area contributed by atoms with Crippen molar-refractivity contribution >= 4 is 34.0 Å². The Hall–Kier alpha value is -5.72. The molecule has 49 heavy (non-hydrogen) atoms. The van der Waals surface area contributed by atoms with Crippen LogP contribution in [0.1, 0.15) is 28.9 Å². The second kappa shape index (κ2) is 13.4. The molecule has 0 radical (unpaired) electrons. The van der Waals surface area contributed by atoms with E-state index in [0.29, 0.717) is 73.5 Å². The fraction of sp³-hybridized carbons (Fsp3) is 0.306. The third-order valence-electron chi connectivity index (χ3n) is 9.38. The van der Waals surface area contributed by atoms with Crippen molar-refractivity contribution < 1.29 is 18.7 Å². The molecule has 0 aliphatic carbocycles. The number of aromatic nitrogens is 5. The number of halogens is 1. The van der Waals surface area contributed by atoms with Crippen LogP contribution in [0.3, 0.4) is 0 Å². The van der Waals surface area contributed by atoms with Gasteiger partial charge < -0.3 is 29.0 Å². The Bertz CT molecular complexity index is 2110. The van der Waals surface area contributed by atoms with Crippen molar-refractivity contribution in [1.82, 2.24) is 34.3 Å².